The lowest BCUT2D eigenvalue weighted by Gasteiger charge is -2.41. The minimum Gasteiger partial charge on any atom is -0.338 e. The second-order valence-electron chi connectivity index (χ2n) is 11.1. The lowest BCUT2D eigenvalue weighted by Crippen LogP contribution is -2.55. The van der Waals surface area contributed by atoms with Gasteiger partial charge in [-0.05, 0) is 55.0 Å². The van der Waals surface area contributed by atoms with Gasteiger partial charge in [-0.3, -0.25) is 0 Å². The van der Waals surface area contributed by atoms with Crippen LogP contribution in [-0.2, 0) is 0 Å². The molecule has 1 unspecified atom stereocenters. The molecule has 0 aromatic heterocycles. The first-order chi connectivity index (χ1) is 12.0. The Morgan fingerprint density at radius 1 is 1.00 bits per heavy atom. The molecule has 4 heteroatoms. The number of amides is 2. The van der Waals surface area contributed by atoms with Gasteiger partial charge in [0.15, 0.2) is 0 Å². The van der Waals surface area contributed by atoms with Gasteiger partial charge in [-0.2, -0.15) is 0 Å². The smallest absolute Gasteiger partial charge is 0.315 e. The van der Waals surface area contributed by atoms with E-state index in [1.165, 1.54) is 44.9 Å². The van der Waals surface area contributed by atoms with Gasteiger partial charge in [0, 0.05) is 19.1 Å². The monoisotopic (exact) mass is 365 g/mol. The largest absolute Gasteiger partial charge is 0.338 e. The second-order valence-corrected chi connectivity index (χ2v) is 11.1. The number of nitrogens with zero attached hydrogens (tertiary/aromatic N) is 1. The molecule has 2 amide bonds. The van der Waals surface area contributed by atoms with Gasteiger partial charge in [0.05, 0.1) is 0 Å². The van der Waals surface area contributed by atoms with E-state index in [1.807, 2.05) is 0 Å². The van der Waals surface area contributed by atoms with Crippen LogP contribution >= 0.6 is 0 Å². The zero-order chi connectivity index (χ0) is 19.4. The molecule has 0 aromatic carbocycles. The molecule has 1 heterocycles. The van der Waals surface area contributed by atoms with Crippen LogP contribution in [0.3, 0.4) is 0 Å². The summed E-state index contributed by atoms with van der Waals surface area (Å²) >= 11 is 0. The predicted octanol–water partition coefficient (Wildman–Crippen LogP) is 4.79. The zero-order valence-electron chi connectivity index (χ0n) is 18.2. The van der Waals surface area contributed by atoms with Crippen molar-refractivity contribution in [2.24, 2.45) is 16.2 Å². The maximum Gasteiger partial charge on any atom is 0.315 e. The highest BCUT2D eigenvalue weighted by Crippen LogP contribution is 2.35. The summed E-state index contributed by atoms with van der Waals surface area (Å²) in [7, 11) is 0. The number of hydrogen-bond acceptors (Lipinski definition) is 2. The van der Waals surface area contributed by atoms with E-state index in [0.717, 1.165) is 26.2 Å². The number of rotatable bonds is 5. The molecular weight excluding hydrogens is 322 g/mol. The Labute approximate surface area is 161 Å². The van der Waals surface area contributed by atoms with Gasteiger partial charge in [0.25, 0.3) is 0 Å². The molecule has 0 bridgehead atoms. The molecule has 2 aliphatic rings. The average Bonchev–Trinajstić information content (AvgIpc) is 2.54. The summed E-state index contributed by atoms with van der Waals surface area (Å²) in [5, 5.41) is 6.47. The Morgan fingerprint density at radius 3 is 2.12 bits per heavy atom. The van der Waals surface area contributed by atoms with E-state index in [9.17, 15) is 4.79 Å². The van der Waals surface area contributed by atoms with Gasteiger partial charge < -0.3 is 15.5 Å². The molecule has 1 saturated carbocycles. The standard InChI is InChI=1S/C22H43N3O/c1-20(2,3)18(16-25-14-12-21(4,5)13-15-25)24-19(26)23-17-22(6)10-8-7-9-11-22/h18H,7-17H2,1-6H3,(H2,23,24,26). The highest BCUT2D eigenvalue weighted by atomic mass is 16.2. The average molecular weight is 366 g/mol. The third kappa shape index (κ3) is 6.75. The number of carbonyl (C=O) groups excluding carboxylic acids is 1. The molecule has 1 atom stereocenters. The molecule has 2 fully saturated rings. The third-order valence-corrected chi connectivity index (χ3v) is 6.74. The quantitative estimate of drug-likeness (QED) is 0.735. The molecule has 0 aromatic rings. The molecule has 152 valence electrons. The molecule has 1 aliphatic carbocycles. The van der Waals surface area contributed by atoms with Crippen molar-refractivity contribution in [2.75, 3.05) is 26.2 Å². The lowest BCUT2D eigenvalue weighted by molar-refractivity contribution is 0.102. The summed E-state index contributed by atoms with van der Waals surface area (Å²) in [4.78, 5) is 15.1. The van der Waals surface area contributed by atoms with Crippen LogP contribution in [0.4, 0.5) is 4.79 Å². The van der Waals surface area contributed by atoms with E-state index in [2.05, 4.69) is 57.1 Å². The molecule has 2 N–H and O–H groups in total. The minimum atomic E-state index is 0.00839. The van der Waals surface area contributed by atoms with Crippen LogP contribution in [-0.4, -0.2) is 43.2 Å². The van der Waals surface area contributed by atoms with Crippen LogP contribution in [0.5, 0.6) is 0 Å². The highest BCUT2D eigenvalue weighted by molar-refractivity contribution is 5.74. The third-order valence-electron chi connectivity index (χ3n) is 6.74. The van der Waals surface area contributed by atoms with Crippen molar-refractivity contribution in [3.63, 3.8) is 0 Å². The highest BCUT2D eigenvalue weighted by Gasteiger charge is 2.32. The number of urea groups is 1. The van der Waals surface area contributed by atoms with Gasteiger partial charge >= 0.3 is 6.03 Å². The summed E-state index contributed by atoms with van der Waals surface area (Å²) in [6.45, 7) is 17.8. The zero-order valence-corrected chi connectivity index (χ0v) is 18.2. The number of carbonyl (C=O) groups is 1. The summed E-state index contributed by atoms with van der Waals surface area (Å²) in [6, 6.07) is 0.178. The topological polar surface area (TPSA) is 44.4 Å². The van der Waals surface area contributed by atoms with Gasteiger partial charge in [0.1, 0.15) is 0 Å². The van der Waals surface area contributed by atoms with Crippen molar-refractivity contribution in [1.29, 1.82) is 0 Å². The van der Waals surface area contributed by atoms with E-state index in [-0.39, 0.29) is 22.9 Å². The number of nitrogens with one attached hydrogen (secondary N) is 2. The fourth-order valence-electron chi connectivity index (χ4n) is 4.22. The predicted molar refractivity (Wildman–Crippen MR) is 110 cm³/mol. The lowest BCUT2D eigenvalue weighted by atomic mass is 9.76. The summed E-state index contributed by atoms with van der Waals surface area (Å²) in [5.41, 5.74) is 0.804. The molecule has 1 aliphatic heterocycles. The van der Waals surface area contributed by atoms with Crippen molar-refractivity contribution < 1.29 is 4.79 Å². The Bertz CT molecular complexity index is 450. The SMILES string of the molecule is CC1(C)CCN(CC(NC(=O)NCC2(C)CCCCC2)C(C)(C)C)CC1. The minimum absolute atomic E-state index is 0.00839. The number of piperidine rings is 1. The maximum atomic E-state index is 12.6. The first kappa shape index (κ1) is 21.5. The van der Waals surface area contributed by atoms with Gasteiger partial charge in [-0.15, -0.1) is 0 Å². The van der Waals surface area contributed by atoms with Crippen molar-refractivity contribution >= 4 is 6.03 Å². The van der Waals surface area contributed by atoms with Crippen LogP contribution in [0.2, 0.25) is 0 Å². The van der Waals surface area contributed by atoms with E-state index in [0.29, 0.717) is 5.41 Å². The summed E-state index contributed by atoms with van der Waals surface area (Å²) in [5.74, 6) is 0. The number of hydrogen-bond donors (Lipinski definition) is 2. The first-order valence-electron chi connectivity index (χ1n) is 10.8. The van der Waals surface area contributed by atoms with Gasteiger partial charge in [-0.1, -0.05) is 60.8 Å². The normalized spacial score (nSPS) is 24.7. The maximum absolute atomic E-state index is 12.6. The van der Waals surface area contributed by atoms with Crippen molar-refractivity contribution in [3.05, 3.63) is 0 Å². The van der Waals surface area contributed by atoms with Crippen molar-refractivity contribution in [2.45, 2.75) is 92.5 Å². The molecule has 0 spiro atoms. The molecule has 1 saturated heterocycles. The van der Waals surface area contributed by atoms with Crippen LogP contribution in [0, 0.1) is 16.2 Å². The Balaban J connectivity index is 1.84. The number of likely N-dealkylation sites (tertiary alicyclic amines) is 1. The fourth-order valence-corrected chi connectivity index (χ4v) is 4.22. The molecule has 4 nitrogen and oxygen atoms in total. The van der Waals surface area contributed by atoms with Gasteiger partial charge in [0.2, 0.25) is 0 Å². The Kier molecular flexibility index (Phi) is 7.04. The second kappa shape index (κ2) is 8.50. The van der Waals surface area contributed by atoms with Crippen LogP contribution < -0.4 is 10.6 Å². The van der Waals surface area contributed by atoms with Crippen LogP contribution in [0.25, 0.3) is 0 Å². The summed E-state index contributed by atoms with van der Waals surface area (Å²) in [6.07, 6.45) is 8.91. The van der Waals surface area contributed by atoms with Crippen molar-refractivity contribution in [3.8, 4) is 0 Å². The van der Waals surface area contributed by atoms with Crippen LogP contribution in [0.15, 0.2) is 0 Å². The molecular formula is C22H43N3O. The Hall–Kier alpha value is -0.770. The summed E-state index contributed by atoms with van der Waals surface area (Å²) < 4.78 is 0. The first-order valence-corrected chi connectivity index (χ1v) is 10.8. The van der Waals surface area contributed by atoms with E-state index >= 15 is 0 Å². The molecule has 26 heavy (non-hydrogen) atoms. The van der Waals surface area contributed by atoms with Gasteiger partial charge in [-0.25, -0.2) is 4.79 Å². The van der Waals surface area contributed by atoms with E-state index < -0.39 is 0 Å². The fraction of sp³-hybridized carbons (Fsp3) is 0.955. The molecule has 2 rings (SSSR count). The van der Waals surface area contributed by atoms with E-state index in [1.54, 1.807) is 0 Å². The Morgan fingerprint density at radius 2 is 1.58 bits per heavy atom. The van der Waals surface area contributed by atoms with Crippen molar-refractivity contribution in [1.82, 2.24) is 15.5 Å². The molecule has 0 radical (unpaired) electrons. The van der Waals surface area contributed by atoms with E-state index in [4.69, 9.17) is 0 Å². The van der Waals surface area contributed by atoms with Crippen LogP contribution in [0.1, 0.15) is 86.5 Å².